The van der Waals surface area contributed by atoms with E-state index in [2.05, 4.69) is 10.2 Å². The predicted octanol–water partition coefficient (Wildman–Crippen LogP) is 1.10. The van der Waals surface area contributed by atoms with Crippen LogP contribution in [-0.2, 0) is 17.9 Å². The van der Waals surface area contributed by atoms with Crippen molar-refractivity contribution in [2.75, 3.05) is 6.54 Å². The Morgan fingerprint density at radius 1 is 1.29 bits per heavy atom. The van der Waals surface area contributed by atoms with Crippen molar-refractivity contribution in [1.82, 2.24) is 19.7 Å². The van der Waals surface area contributed by atoms with Gasteiger partial charge in [-0.3, -0.25) is 4.79 Å². The van der Waals surface area contributed by atoms with Gasteiger partial charge in [-0.15, -0.1) is 10.2 Å². The molecule has 6 nitrogen and oxygen atoms in total. The van der Waals surface area contributed by atoms with Crippen molar-refractivity contribution in [3.63, 3.8) is 0 Å². The van der Waals surface area contributed by atoms with Gasteiger partial charge in [-0.25, -0.2) is 0 Å². The highest BCUT2D eigenvalue weighted by atomic mass is 16.2. The molecule has 0 fully saturated rings. The van der Waals surface area contributed by atoms with E-state index < -0.39 is 0 Å². The van der Waals surface area contributed by atoms with Gasteiger partial charge in [0.05, 0.1) is 6.54 Å². The first-order valence-corrected chi connectivity index (χ1v) is 7.19. The van der Waals surface area contributed by atoms with E-state index >= 15 is 0 Å². The zero-order valence-corrected chi connectivity index (χ0v) is 11.9. The number of fused-ring (bicyclic) bond motifs is 1. The molecule has 0 aliphatic carbocycles. The molecular weight excluding hydrogens is 266 g/mol. The smallest absolute Gasteiger partial charge is 0.223 e. The monoisotopic (exact) mass is 285 g/mol. The molecule has 1 aromatic carbocycles. The largest absolute Gasteiger partial charge is 0.333 e. The van der Waals surface area contributed by atoms with Gasteiger partial charge in [-0.2, -0.15) is 0 Å². The third-order valence-corrected chi connectivity index (χ3v) is 3.89. The van der Waals surface area contributed by atoms with Gasteiger partial charge >= 0.3 is 0 Å². The summed E-state index contributed by atoms with van der Waals surface area (Å²) in [5, 5.41) is 7.89. The molecule has 1 unspecified atom stereocenters. The highest BCUT2D eigenvalue weighted by Gasteiger charge is 2.22. The summed E-state index contributed by atoms with van der Waals surface area (Å²) in [5.74, 6) is 0.984. The Morgan fingerprint density at radius 3 is 2.90 bits per heavy atom. The Morgan fingerprint density at radius 2 is 2.10 bits per heavy atom. The fourth-order valence-corrected chi connectivity index (χ4v) is 2.58. The van der Waals surface area contributed by atoms with E-state index in [9.17, 15) is 4.79 Å². The molecule has 1 aromatic heterocycles. The number of benzene rings is 1. The maximum Gasteiger partial charge on any atom is 0.223 e. The lowest BCUT2D eigenvalue weighted by Gasteiger charge is -2.27. The number of aromatic nitrogens is 3. The van der Waals surface area contributed by atoms with Crippen molar-refractivity contribution in [2.24, 2.45) is 5.73 Å². The summed E-state index contributed by atoms with van der Waals surface area (Å²) in [6, 6.07) is 9.80. The van der Waals surface area contributed by atoms with Crippen LogP contribution in [0.1, 0.15) is 30.3 Å². The molecule has 1 aliphatic heterocycles. The van der Waals surface area contributed by atoms with Crippen LogP contribution in [0, 0.1) is 0 Å². The summed E-state index contributed by atoms with van der Waals surface area (Å²) in [7, 11) is 0. The van der Waals surface area contributed by atoms with Crippen molar-refractivity contribution in [3.05, 3.63) is 48.0 Å². The Labute approximate surface area is 123 Å². The Hall–Kier alpha value is -2.21. The van der Waals surface area contributed by atoms with Gasteiger partial charge in [-0.05, 0) is 12.0 Å². The van der Waals surface area contributed by atoms with Crippen LogP contribution in [0.2, 0.25) is 0 Å². The summed E-state index contributed by atoms with van der Waals surface area (Å²) < 4.78 is 1.99. The molecule has 1 amide bonds. The third kappa shape index (κ3) is 3.11. The molecule has 1 atom stereocenters. The van der Waals surface area contributed by atoms with Crippen molar-refractivity contribution >= 4 is 5.91 Å². The molecule has 0 bridgehead atoms. The van der Waals surface area contributed by atoms with E-state index in [1.807, 2.05) is 39.8 Å². The molecule has 110 valence electrons. The number of rotatable bonds is 4. The van der Waals surface area contributed by atoms with Gasteiger partial charge in [0.15, 0.2) is 5.82 Å². The highest BCUT2D eigenvalue weighted by Crippen LogP contribution is 2.17. The predicted molar refractivity (Wildman–Crippen MR) is 78.0 cm³/mol. The Balaban J connectivity index is 1.53. The normalized spacial score (nSPS) is 15.6. The van der Waals surface area contributed by atoms with Crippen molar-refractivity contribution in [1.29, 1.82) is 0 Å². The van der Waals surface area contributed by atoms with Crippen LogP contribution in [-0.4, -0.2) is 32.1 Å². The number of carbonyl (C=O) groups is 1. The Kier molecular flexibility index (Phi) is 3.96. The summed E-state index contributed by atoms with van der Waals surface area (Å²) in [4.78, 5) is 14.1. The first-order valence-electron chi connectivity index (χ1n) is 7.19. The van der Waals surface area contributed by atoms with E-state index in [0.717, 1.165) is 17.9 Å². The number of nitrogens with zero attached hydrogens (tertiary/aromatic N) is 4. The first-order chi connectivity index (χ1) is 10.2. The molecule has 1 aliphatic rings. The van der Waals surface area contributed by atoms with Crippen LogP contribution in [0.15, 0.2) is 36.7 Å². The van der Waals surface area contributed by atoms with E-state index in [4.69, 9.17) is 5.73 Å². The summed E-state index contributed by atoms with van der Waals surface area (Å²) in [6.45, 7) is 2.02. The first kappa shape index (κ1) is 13.8. The zero-order valence-electron chi connectivity index (χ0n) is 11.9. The van der Waals surface area contributed by atoms with Crippen molar-refractivity contribution in [2.45, 2.75) is 32.0 Å². The molecule has 2 heterocycles. The third-order valence-electron chi connectivity index (χ3n) is 3.89. The molecule has 0 saturated carbocycles. The topological polar surface area (TPSA) is 77.0 Å². The number of nitrogens with two attached hydrogens (primary N) is 1. The van der Waals surface area contributed by atoms with Gasteiger partial charge < -0.3 is 15.2 Å². The molecule has 2 aromatic rings. The molecule has 21 heavy (non-hydrogen) atoms. The zero-order chi connectivity index (χ0) is 14.7. The lowest BCUT2D eigenvalue weighted by molar-refractivity contribution is -0.132. The van der Waals surface area contributed by atoms with E-state index in [1.54, 1.807) is 6.33 Å². The molecule has 6 heteroatoms. The maximum absolute atomic E-state index is 12.3. The second kappa shape index (κ2) is 6.05. The molecular formula is C15H19N5O. The van der Waals surface area contributed by atoms with Crippen LogP contribution < -0.4 is 5.73 Å². The van der Waals surface area contributed by atoms with E-state index in [-0.39, 0.29) is 11.9 Å². The minimum atomic E-state index is -0.0939. The second-order valence-electron chi connectivity index (χ2n) is 5.31. The quantitative estimate of drug-likeness (QED) is 0.912. The number of hydrogen-bond acceptors (Lipinski definition) is 4. The standard InChI is InChI=1S/C15H19N5O/c16-13(12-4-2-1-3-5-12)6-7-15(21)19-8-9-20-11-17-18-14(20)10-19/h1-5,11,13H,6-10,16H2. The van der Waals surface area contributed by atoms with Crippen LogP contribution in [0.4, 0.5) is 0 Å². The Bertz CT molecular complexity index is 610. The fraction of sp³-hybridized carbons (Fsp3) is 0.400. The van der Waals surface area contributed by atoms with E-state index in [1.165, 1.54) is 0 Å². The molecule has 2 N–H and O–H groups in total. The van der Waals surface area contributed by atoms with Crippen LogP contribution >= 0.6 is 0 Å². The summed E-state index contributed by atoms with van der Waals surface area (Å²) in [5.41, 5.74) is 7.21. The molecule has 0 saturated heterocycles. The minimum absolute atomic E-state index is 0.0939. The summed E-state index contributed by atoms with van der Waals surface area (Å²) in [6.07, 6.45) is 2.83. The lowest BCUT2D eigenvalue weighted by atomic mass is 10.0. The van der Waals surface area contributed by atoms with E-state index in [0.29, 0.717) is 25.9 Å². The summed E-state index contributed by atoms with van der Waals surface area (Å²) >= 11 is 0. The maximum atomic E-state index is 12.3. The SMILES string of the molecule is NC(CCC(=O)N1CCn2cnnc2C1)c1ccccc1. The van der Waals surface area contributed by atoms with Gasteiger partial charge in [0.25, 0.3) is 0 Å². The second-order valence-corrected chi connectivity index (χ2v) is 5.31. The molecule has 0 radical (unpaired) electrons. The molecule has 3 rings (SSSR count). The average Bonchev–Trinajstić information content (AvgIpc) is 3.00. The van der Waals surface area contributed by atoms with Gasteiger partial charge in [0.2, 0.25) is 5.91 Å². The highest BCUT2D eigenvalue weighted by molar-refractivity contribution is 5.76. The van der Waals surface area contributed by atoms with Crippen LogP contribution in [0.5, 0.6) is 0 Å². The van der Waals surface area contributed by atoms with Crippen LogP contribution in [0.3, 0.4) is 0 Å². The van der Waals surface area contributed by atoms with Gasteiger partial charge in [-0.1, -0.05) is 30.3 Å². The van der Waals surface area contributed by atoms with Crippen LogP contribution in [0.25, 0.3) is 0 Å². The lowest BCUT2D eigenvalue weighted by Crippen LogP contribution is -2.38. The van der Waals surface area contributed by atoms with Gasteiger partial charge in [0, 0.05) is 25.6 Å². The average molecular weight is 285 g/mol. The van der Waals surface area contributed by atoms with Crippen molar-refractivity contribution < 1.29 is 4.79 Å². The number of hydrogen-bond donors (Lipinski definition) is 1. The molecule has 0 spiro atoms. The number of amides is 1. The number of carbonyl (C=O) groups excluding carboxylic acids is 1. The van der Waals surface area contributed by atoms with Crippen molar-refractivity contribution in [3.8, 4) is 0 Å². The van der Waals surface area contributed by atoms with Gasteiger partial charge in [0.1, 0.15) is 6.33 Å². The fourth-order valence-electron chi connectivity index (χ4n) is 2.58. The minimum Gasteiger partial charge on any atom is -0.333 e.